The SMILES string of the molecule is CC1=C2C[C@@H](C)[C@H]3[C@@H]4CC[C@H](O[Si](c5ccccc5)(c5ccccc5)c5ccccc5)[C@@]4(C)CC[C@@H]3[C@@]2(C=O)CCC1=O. The summed E-state index contributed by atoms with van der Waals surface area (Å²) < 4.78 is 7.85. The normalized spacial score (nSPS) is 33.8. The molecule has 3 aromatic carbocycles. The lowest BCUT2D eigenvalue weighted by atomic mass is 9.44. The highest BCUT2D eigenvalue weighted by Crippen LogP contribution is 2.67. The molecule has 7 rings (SSSR count). The molecule has 0 aliphatic heterocycles. The minimum absolute atomic E-state index is 0.0385. The molecule has 4 aliphatic rings. The molecule has 4 aliphatic carbocycles. The summed E-state index contributed by atoms with van der Waals surface area (Å²) >= 11 is 0. The summed E-state index contributed by atoms with van der Waals surface area (Å²) in [7, 11) is -2.84. The average Bonchev–Trinajstić information content (AvgIpc) is 3.38. The van der Waals surface area contributed by atoms with Crippen LogP contribution in [0.15, 0.2) is 102 Å². The lowest BCUT2D eigenvalue weighted by Gasteiger charge is -2.60. The van der Waals surface area contributed by atoms with Crippen molar-refractivity contribution in [2.75, 3.05) is 0 Å². The zero-order chi connectivity index (χ0) is 29.8. The molecule has 0 spiro atoms. The lowest BCUT2D eigenvalue weighted by molar-refractivity contribution is -0.134. The molecule has 222 valence electrons. The highest BCUT2D eigenvalue weighted by molar-refractivity contribution is 7.07. The Morgan fingerprint density at radius 2 is 1.35 bits per heavy atom. The van der Waals surface area contributed by atoms with Crippen molar-refractivity contribution in [1.29, 1.82) is 0 Å². The zero-order valence-corrected chi connectivity index (χ0v) is 26.8. The van der Waals surface area contributed by atoms with Gasteiger partial charge in [0.2, 0.25) is 0 Å². The highest BCUT2D eigenvalue weighted by Gasteiger charge is 2.63. The third-order valence-electron chi connectivity index (χ3n) is 12.4. The zero-order valence-electron chi connectivity index (χ0n) is 25.8. The van der Waals surface area contributed by atoms with Crippen molar-refractivity contribution in [3.8, 4) is 0 Å². The first-order valence-corrected chi connectivity index (χ1v) is 18.3. The molecule has 0 radical (unpaired) electrons. The number of aldehydes is 1. The van der Waals surface area contributed by atoms with E-state index in [2.05, 4.69) is 105 Å². The summed E-state index contributed by atoms with van der Waals surface area (Å²) in [5, 5.41) is 3.86. The van der Waals surface area contributed by atoms with Gasteiger partial charge in [-0.05, 0) is 101 Å². The Hall–Kier alpha value is -3.08. The van der Waals surface area contributed by atoms with Crippen LogP contribution in [0.1, 0.15) is 65.7 Å². The number of carbonyl (C=O) groups excluding carboxylic acids is 2. The largest absolute Gasteiger partial charge is 0.401 e. The maximum Gasteiger partial charge on any atom is 0.288 e. The number of ketones is 1. The van der Waals surface area contributed by atoms with Gasteiger partial charge in [0.1, 0.15) is 6.29 Å². The van der Waals surface area contributed by atoms with Gasteiger partial charge >= 0.3 is 0 Å². The molecule has 7 atom stereocenters. The molecular formula is C39H44O3Si. The van der Waals surface area contributed by atoms with Crippen LogP contribution in [0.5, 0.6) is 0 Å². The van der Waals surface area contributed by atoms with Gasteiger partial charge in [-0.25, -0.2) is 0 Å². The summed E-state index contributed by atoms with van der Waals surface area (Å²) in [6, 6.07) is 32.9. The summed E-state index contributed by atoms with van der Waals surface area (Å²) in [6.07, 6.45) is 7.78. The van der Waals surface area contributed by atoms with Crippen LogP contribution >= 0.6 is 0 Å². The van der Waals surface area contributed by atoms with Gasteiger partial charge in [-0.1, -0.05) is 105 Å². The maximum atomic E-state index is 13.1. The molecule has 3 aromatic rings. The van der Waals surface area contributed by atoms with Crippen LogP contribution in [0.4, 0.5) is 0 Å². The van der Waals surface area contributed by atoms with Crippen LogP contribution in [-0.4, -0.2) is 26.5 Å². The molecule has 4 heteroatoms. The topological polar surface area (TPSA) is 43.4 Å². The van der Waals surface area contributed by atoms with Gasteiger partial charge in [0.25, 0.3) is 8.32 Å². The fourth-order valence-electron chi connectivity index (χ4n) is 10.3. The van der Waals surface area contributed by atoms with E-state index in [0.717, 1.165) is 37.7 Å². The van der Waals surface area contributed by atoms with E-state index in [-0.39, 0.29) is 17.3 Å². The number of hydrogen-bond acceptors (Lipinski definition) is 3. The van der Waals surface area contributed by atoms with Crippen molar-refractivity contribution in [3.63, 3.8) is 0 Å². The molecule has 0 aromatic heterocycles. The fraction of sp³-hybridized carbons (Fsp3) is 0.436. The Labute approximate surface area is 257 Å². The van der Waals surface area contributed by atoms with Crippen LogP contribution in [0.3, 0.4) is 0 Å². The number of hydrogen-bond donors (Lipinski definition) is 0. The third kappa shape index (κ3) is 4.23. The number of allylic oxidation sites excluding steroid dienone is 1. The Morgan fingerprint density at radius 1 is 0.791 bits per heavy atom. The second kappa shape index (κ2) is 10.8. The van der Waals surface area contributed by atoms with E-state index < -0.39 is 13.7 Å². The summed E-state index contributed by atoms with van der Waals surface area (Å²) in [4.78, 5) is 25.8. The van der Waals surface area contributed by atoms with Gasteiger partial charge in [-0.2, -0.15) is 0 Å². The number of benzene rings is 3. The van der Waals surface area contributed by atoms with Crippen LogP contribution in [-0.2, 0) is 14.0 Å². The molecule has 0 heterocycles. The number of rotatable bonds is 6. The van der Waals surface area contributed by atoms with Gasteiger partial charge in [0, 0.05) is 6.42 Å². The summed E-state index contributed by atoms with van der Waals surface area (Å²) in [5.74, 6) is 2.01. The molecule has 43 heavy (non-hydrogen) atoms. The smallest absolute Gasteiger partial charge is 0.288 e. The summed E-state index contributed by atoms with van der Waals surface area (Å²) in [5.41, 5.74) is 1.64. The minimum Gasteiger partial charge on any atom is -0.401 e. The van der Waals surface area contributed by atoms with E-state index >= 15 is 0 Å². The average molecular weight is 589 g/mol. The van der Waals surface area contributed by atoms with Gasteiger partial charge in [-0.15, -0.1) is 0 Å². The van der Waals surface area contributed by atoms with Gasteiger partial charge < -0.3 is 9.22 Å². The van der Waals surface area contributed by atoms with Gasteiger partial charge in [0.15, 0.2) is 5.78 Å². The fourth-order valence-corrected chi connectivity index (χ4v) is 14.5. The van der Waals surface area contributed by atoms with E-state index in [4.69, 9.17) is 4.43 Å². The van der Waals surface area contributed by atoms with Crippen LogP contribution in [0, 0.1) is 34.5 Å². The van der Waals surface area contributed by atoms with Crippen LogP contribution < -0.4 is 15.6 Å². The Kier molecular flexibility index (Phi) is 7.21. The molecule has 3 fully saturated rings. The highest BCUT2D eigenvalue weighted by atomic mass is 28.4. The predicted molar refractivity (Wildman–Crippen MR) is 175 cm³/mol. The van der Waals surface area contributed by atoms with Crippen molar-refractivity contribution < 1.29 is 14.0 Å². The van der Waals surface area contributed by atoms with E-state index in [1.165, 1.54) is 27.4 Å². The van der Waals surface area contributed by atoms with E-state index in [1.807, 2.05) is 6.92 Å². The Bertz CT molecular complexity index is 1440. The van der Waals surface area contributed by atoms with Crippen molar-refractivity contribution >= 4 is 35.9 Å². The second-order valence-electron chi connectivity index (χ2n) is 14.2. The molecular weight excluding hydrogens is 545 g/mol. The standard InChI is InChI=1S/C39H44O3Si/c1-27-25-34-28(2)35(41)22-24-39(34,26-40)33-21-23-38(3)32(37(27)33)19-20-36(38)42-43(29-13-7-4-8-14-29,30-15-9-5-10-16-30)31-17-11-6-12-18-31/h4-18,26-27,32-33,36-37H,19-25H2,1-3H3/t27-,32+,33+,36+,37+,38+,39+/m1/s1. The Balaban J connectivity index is 1.31. The van der Waals surface area contributed by atoms with Gasteiger partial charge in [-0.3, -0.25) is 4.79 Å². The van der Waals surface area contributed by atoms with Crippen molar-refractivity contribution in [2.24, 2.45) is 34.5 Å². The predicted octanol–water partition coefficient (Wildman–Crippen LogP) is 6.39. The van der Waals surface area contributed by atoms with E-state index in [9.17, 15) is 9.59 Å². The van der Waals surface area contributed by atoms with Crippen molar-refractivity contribution in [2.45, 2.75) is 71.8 Å². The first-order chi connectivity index (χ1) is 20.8. The van der Waals surface area contributed by atoms with E-state index in [0.29, 0.717) is 36.5 Å². The van der Waals surface area contributed by atoms with Crippen LogP contribution in [0.2, 0.25) is 0 Å². The molecule has 0 bridgehead atoms. The second-order valence-corrected chi connectivity index (χ2v) is 17.5. The molecule has 3 nitrogen and oxygen atoms in total. The Morgan fingerprint density at radius 3 is 1.88 bits per heavy atom. The monoisotopic (exact) mass is 588 g/mol. The molecule has 3 saturated carbocycles. The van der Waals surface area contributed by atoms with Crippen molar-refractivity contribution in [3.05, 3.63) is 102 Å². The molecule has 0 unspecified atom stereocenters. The molecule has 0 N–H and O–H groups in total. The van der Waals surface area contributed by atoms with Crippen molar-refractivity contribution in [1.82, 2.24) is 0 Å². The van der Waals surface area contributed by atoms with Gasteiger partial charge in [0.05, 0.1) is 11.5 Å². The number of carbonyl (C=O) groups is 2. The summed E-state index contributed by atoms with van der Waals surface area (Å²) in [6.45, 7) is 6.88. The maximum absolute atomic E-state index is 13.1. The third-order valence-corrected chi connectivity index (χ3v) is 16.4. The molecule has 0 amide bonds. The first kappa shape index (κ1) is 28.7. The van der Waals surface area contributed by atoms with Crippen LogP contribution in [0.25, 0.3) is 0 Å². The minimum atomic E-state index is -2.84. The molecule has 0 saturated heterocycles. The number of fused-ring (bicyclic) bond motifs is 5. The first-order valence-electron chi connectivity index (χ1n) is 16.4. The quantitative estimate of drug-likeness (QED) is 0.191. The number of Topliss-reactive ketones (excluding diaryl/α,β-unsaturated/α-hetero) is 1. The van der Waals surface area contributed by atoms with E-state index in [1.54, 1.807) is 0 Å². The lowest BCUT2D eigenvalue weighted by Crippen LogP contribution is -2.71.